The zero-order chi connectivity index (χ0) is 11.3. The molecule has 88 valence electrons. The van der Waals surface area contributed by atoms with Crippen molar-refractivity contribution >= 4 is 0 Å². The van der Waals surface area contributed by atoms with Crippen molar-refractivity contribution < 1.29 is 4.39 Å². The minimum atomic E-state index is -0.657. The van der Waals surface area contributed by atoms with Crippen molar-refractivity contribution in [1.82, 2.24) is 0 Å². The van der Waals surface area contributed by atoms with Crippen LogP contribution < -0.4 is 0 Å². The molecular formula is C14H25F. The summed E-state index contributed by atoms with van der Waals surface area (Å²) in [6, 6.07) is 0. The largest absolute Gasteiger partial charge is 0.247 e. The Morgan fingerprint density at radius 3 is 2.87 bits per heavy atom. The van der Waals surface area contributed by atoms with E-state index >= 15 is 0 Å². The minimum absolute atomic E-state index is 0.0966. The molecular weight excluding hydrogens is 187 g/mol. The van der Waals surface area contributed by atoms with Gasteiger partial charge in [-0.3, -0.25) is 0 Å². The molecule has 0 saturated carbocycles. The van der Waals surface area contributed by atoms with Gasteiger partial charge in [0.2, 0.25) is 0 Å². The van der Waals surface area contributed by atoms with Crippen LogP contribution in [0.25, 0.3) is 0 Å². The van der Waals surface area contributed by atoms with Gasteiger partial charge in [0.25, 0.3) is 0 Å². The molecule has 3 atom stereocenters. The molecule has 0 bridgehead atoms. The smallest absolute Gasteiger partial charge is 0.107 e. The fraction of sp³-hybridized carbons (Fsp3) is 0.857. The molecule has 0 amide bonds. The molecule has 1 aliphatic rings. The van der Waals surface area contributed by atoms with E-state index in [1.165, 1.54) is 25.7 Å². The lowest BCUT2D eigenvalue weighted by molar-refractivity contribution is 0.143. The second-order valence-corrected chi connectivity index (χ2v) is 5.46. The lowest BCUT2D eigenvalue weighted by Gasteiger charge is -2.31. The third kappa shape index (κ3) is 3.96. The summed E-state index contributed by atoms with van der Waals surface area (Å²) in [7, 11) is 0. The molecule has 0 saturated heterocycles. The van der Waals surface area contributed by atoms with Crippen molar-refractivity contribution in [3.8, 4) is 0 Å². The van der Waals surface area contributed by atoms with Crippen molar-refractivity contribution in [1.29, 1.82) is 0 Å². The van der Waals surface area contributed by atoms with Crippen LogP contribution in [0, 0.1) is 11.3 Å². The topological polar surface area (TPSA) is 0 Å². The van der Waals surface area contributed by atoms with Gasteiger partial charge in [0.05, 0.1) is 0 Å². The molecule has 0 aromatic rings. The Hall–Kier alpha value is -0.330. The molecule has 1 rings (SSSR count). The van der Waals surface area contributed by atoms with Crippen LogP contribution in [0.3, 0.4) is 0 Å². The first-order valence-corrected chi connectivity index (χ1v) is 6.38. The lowest BCUT2D eigenvalue weighted by atomic mass is 9.75. The Morgan fingerprint density at radius 2 is 2.20 bits per heavy atom. The fourth-order valence-electron chi connectivity index (χ4n) is 2.67. The summed E-state index contributed by atoms with van der Waals surface area (Å²) in [5.74, 6) is 0.0966. The third-order valence-electron chi connectivity index (χ3n) is 3.70. The maximum absolute atomic E-state index is 14.0. The fourth-order valence-corrected chi connectivity index (χ4v) is 2.67. The van der Waals surface area contributed by atoms with Crippen molar-refractivity contribution in [3.05, 3.63) is 12.2 Å². The van der Waals surface area contributed by atoms with Crippen LogP contribution in [0.5, 0.6) is 0 Å². The number of rotatable bonds is 2. The molecule has 0 aromatic carbocycles. The Balaban J connectivity index is 2.67. The third-order valence-corrected chi connectivity index (χ3v) is 3.70. The first-order valence-electron chi connectivity index (χ1n) is 6.38. The summed E-state index contributed by atoms with van der Waals surface area (Å²) in [4.78, 5) is 0. The van der Waals surface area contributed by atoms with Gasteiger partial charge >= 0.3 is 0 Å². The highest BCUT2D eigenvalue weighted by molar-refractivity contribution is 4.94. The Labute approximate surface area is 94.0 Å². The highest BCUT2D eigenvalue weighted by Gasteiger charge is 2.29. The van der Waals surface area contributed by atoms with Crippen molar-refractivity contribution in [2.45, 2.75) is 65.5 Å². The molecule has 0 spiro atoms. The Morgan fingerprint density at radius 1 is 1.47 bits per heavy atom. The molecule has 0 N–H and O–H groups in total. The Kier molecular flexibility index (Phi) is 4.82. The monoisotopic (exact) mass is 212 g/mol. The van der Waals surface area contributed by atoms with Gasteiger partial charge in [-0.25, -0.2) is 4.39 Å². The normalized spacial score (nSPS) is 40.3. The molecule has 1 aliphatic carbocycles. The minimum Gasteiger partial charge on any atom is -0.247 e. The van der Waals surface area contributed by atoms with E-state index in [0.29, 0.717) is 0 Å². The molecule has 1 heteroatoms. The molecule has 0 nitrogen and oxygen atoms in total. The average molecular weight is 212 g/mol. The van der Waals surface area contributed by atoms with E-state index in [9.17, 15) is 4.39 Å². The number of halogens is 1. The highest BCUT2D eigenvalue weighted by atomic mass is 19.1. The van der Waals surface area contributed by atoms with Crippen LogP contribution in [0.2, 0.25) is 0 Å². The predicted molar refractivity (Wildman–Crippen MR) is 64.7 cm³/mol. The number of alkyl halides is 1. The van der Waals surface area contributed by atoms with Crippen LogP contribution >= 0.6 is 0 Å². The van der Waals surface area contributed by atoms with E-state index in [-0.39, 0.29) is 11.3 Å². The van der Waals surface area contributed by atoms with Crippen LogP contribution in [0.1, 0.15) is 59.3 Å². The van der Waals surface area contributed by atoms with Gasteiger partial charge in [0, 0.05) is 5.92 Å². The van der Waals surface area contributed by atoms with Gasteiger partial charge < -0.3 is 0 Å². The maximum atomic E-state index is 14.0. The lowest BCUT2D eigenvalue weighted by Crippen LogP contribution is -2.24. The van der Waals surface area contributed by atoms with Crippen LogP contribution in [0.15, 0.2) is 12.2 Å². The first kappa shape index (κ1) is 12.7. The number of hydrogen-bond donors (Lipinski definition) is 0. The molecule has 15 heavy (non-hydrogen) atoms. The summed E-state index contributed by atoms with van der Waals surface area (Å²) >= 11 is 0. The van der Waals surface area contributed by atoms with Gasteiger partial charge in [-0.15, -0.1) is 0 Å². The molecule has 0 fully saturated rings. The van der Waals surface area contributed by atoms with Crippen LogP contribution in [-0.4, -0.2) is 6.17 Å². The van der Waals surface area contributed by atoms with Gasteiger partial charge in [-0.05, 0) is 37.5 Å². The van der Waals surface area contributed by atoms with Gasteiger partial charge in [0.1, 0.15) is 6.17 Å². The summed E-state index contributed by atoms with van der Waals surface area (Å²) in [6.45, 7) is 6.47. The van der Waals surface area contributed by atoms with E-state index in [4.69, 9.17) is 0 Å². The van der Waals surface area contributed by atoms with Crippen LogP contribution in [-0.2, 0) is 0 Å². The maximum Gasteiger partial charge on any atom is 0.107 e. The predicted octanol–water partition coefficient (Wildman–Crippen LogP) is 4.90. The number of allylic oxidation sites excluding steroid dienone is 2. The standard InChI is InChI=1S/C14H25F/c1-4-9-14(3)10-7-5-6-8-12(2)13(15)11-14/h6,8,12-13H,4-5,7,9-11H2,1-3H3/b8-6+/t12-,13-,14-/m1/s1. The number of hydrogen-bond acceptors (Lipinski definition) is 0. The zero-order valence-corrected chi connectivity index (χ0v) is 10.4. The summed E-state index contributed by atoms with van der Waals surface area (Å²) in [5.41, 5.74) is 0.231. The first-order chi connectivity index (χ1) is 7.07. The zero-order valence-electron chi connectivity index (χ0n) is 10.4. The molecule has 0 aliphatic heterocycles. The second kappa shape index (κ2) is 5.67. The van der Waals surface area contributed by atoms with Crippen molar-refractivity contribution in [3.63, 3.8) is 0 Å². The van der Waals surface area contributed by atoms with E-state index in [2.05, 4.69) is 26.0 Å². The summed E-state index contributed by atoms with van der Waals surface area (Å²) in [6.07, 6.45) is 10.2. The summed E-state index contributed by atoms with van der Waals surface area (Å²) < 4.78 is 14.0. The highest BCUT2D eigenvalue weighted by Crippen LogP contribution is 2.38. The van der Waals surface area contributed by atoms with E-state index in [0.717, 1.165) is 12.8 Å². The van der Waals surface area contributed by atoms with Gasteiger partial charge in [-0.1, -0.05) is 39.3 Å². The second-order valence-electron chi connectivity index (χ2n) is 5.46. The molecule has 0 aromatic heterocycles. The van der Waals surface area contributed by atoms with E-state index < -0.39 is 6.17 Å². The Bertz CT molecular complexity index is 209. The molecule has 0 unspecified atom stereocenters. The summed E-state index contributed by atoms with van der Waals surface area (Å²) in [5, 5.41) is 0. The van der Waals surface area contributed by atoms with Crippen LogP contribution in [0.4, 0.5) is 4.39 Å². The average Bonchev–Trinajstić information content (AvgIpc) is 2.21. The van der Waals surface area contributed by atoms with Crippen molar-refractivity contribution in [2.24, 2.45) is 11.3 Å². The quantitative estimate of drug-likeness (QED) is 0.571. The van der Waals surface area contributed by atoms with Gasteiger partial charge in [-0.2, -0.15) is 0 Å². The SMILES string of the molecule is CCC[C@]1(C)CCC/C=C/[C@@H](C)[C@H](F)C1. The van der Waals surface area contributed by atoms with Crippen molar-refractivity contribution in [2.75, 3.05) is 0 Å². The van der Waals surface area contributed by atoms with E-state index in [1.807, 2.05) is 6.92 Å². The van der Waals surface area contributed by atoms with E-state index in [1.54, 1.807) is 0 Å². The molecule has 0 heterocycles. The molecule has 0 radical (unpaired) electrons. The van der Waals surface area contributed by atoms with Gasteiger partial charge in [0.15, 0.2) is 0 Å².